The Morgan fingerprint density at radius 2 is 1.78 bits per heavy atom. The first-order chi connectivity index (χ1) is 15.6. The van der Waals surface area contributed by atoms with Crippen LogP contribution in [-0.4, -0.2) is 27.7 Å². The van der Waals surface area contributed by atoms with Gasteiger partial charge in [-0.1, -0.05) is 54.1 Å². The lowest BCUT2D eigenvalue weighted by Crippen LogP contribution is -2.16. The standard InChI is InChI=1S/C26H22ClN3O2/c1-17-22(24(31)25-26(32-25)29-21-11-13-28-14-12-21)15-23(19-5-3-2-4-6-19)30(17)16-18-7-9-20(27)10-8-18/h2-15,25-26H,16H2,1H3,(H,28,29). The molecule has 2 atom stereocenters. The molecule has 5 nitrogen and oxygen atoms in total. The van der Waals surface area contributed by atoms with Crippen LogP contribution in [0.15, 0.2) is 85.2 Å². The Labute approximate surface area is 191 Å². The number of ether oxygens (including phenoxy) is 1. The number of hydrogen-bond acceptors (Lipinski definition) is 4. The van der Waals surface area contributed by atoms with E-state index >= 15 is 0 Å². The summed E-state index contributed by atoms with van der Waals surface area (Å²) in [7, 11) is 0. The first kappa shape index (κ1) is 20.5. The summed E-state index contributed by atoms with van der Waals surface area (Å²) in [4.78, 5) is 17.3. The number of epoxide rings is 1. The van der Waals surface area contributed by atoms with E-state index in [-0.39, 0.29) is 12.0 Å². The first-order valence-electron chi connectivity index (χ1n) is 10.5. The molecule has 5 rings (SSSR count). The minimum atomic E-state index is -0.503. The minimum Gasteiger partial charge on any atom is -0.358 e. The molecule has 3 heterocycles. The maximum Gasteiger partial charge on any atom is 0.198 e. The number of anilines is 1. The molecular weight excluding hydrogens is 422 g/mol. The van der Waals surface area contributed by atoms with Gasteiger partial charge in [0.2, 0.25) is 0 Å². The van der Waals surface area contributed by atoms with Crippen molar-refractivity contribution in [1.29, 1.82) is 0 Å². The molecule has 1 fully saturated rings. The van der Waals surface area contributed by atoms with Gasteiger partial charge in [0.15, 0.2) is 18.1 Å². The molecule has 1 saturated heterocycles. The molecule has 2 unspecified atom stereocenters. The van der Waals surface area contributed by atoms with Crippen LogP contribution in [0.1, 0.15) is 21.6 Å². The number of pyridine rings is 1. The zero-order valence-electron chi connectivity index (χ0n) is 17.5. The lowest BCUT2D eigenvalue weighted by atomic mass is 10.1. The third-order valence-corrected chi connectivity index (χ3v) is 5.95. The SMILES string of the molecule is Cc1c(C(=O)C2OC2Nc2ccncc2)cc(-c2ccccc2)n1Cc1ccc(Cl)cc1. The third kappa shape index (κ3) is 4.17. The normalized spacial score (nSPS) is 17.2. The molecule has 1 N–H and O–H groups in total. The topological polar surface area (TPSA) is 59.5 Å². The average molecular weight is 444 g/mol. The summed E-state index contributed by atoms with van der Waals surface area (Å²) < 4.78 is 7.85. The van der Waals surface area contributed by atoms with E-state index in [1.54, 1.807) is 12.4 Å². The van der Waals surface area contributed by atoms with Gasteiger partial charge in [0.25, 0.3) is 0 Å². The van der Waals surface area contributed by atoms with E-state index in [9.17, 15) is 4.79 Å². The molecule has 1 aliphatic rings. The molecule has 2 aromatic heterocycles. The summed E-state index contributed by atoms with van der Waals surface area (Å²) in [6, 6.07) is 23.6. The molecule has 0 amide bonds. The van der Waals surface area contributed by atoms with E-state index in [4.69, 9.17) is 16.3 Å². The average Bonchev–Trinajstić information content (AvgIpc) is 3.52. The second-order valence-corrected chi connectivity index (χ2v) is 8.27. The number of carbonyl (C=O) groups excluding carboxylic acids is 1. The Morgan fingerprint density at radius 1 is 1.06 bits per heavy atom. The molecular formula is C26H22ClN3O2. The zero-order valence-corrected chi connectivity index (χ0v) is 18.3. The fourth-order valence-electron chi connectivity index (χ4n) is 3.91. The fourth-order valence-corrected chi connectivity index (χ4v) is 4.03. The van der Waals surface area contributed by atoms with Crippen molar-refractivity contribution in [1.82, 2.24) is 9.55 Å². The summed E-state index contributed by atoms with van der Waals surface area (Å²) in [6.07, 6.45) is 2.57. The smallest absolute Gasteiger partial charge is 0.198 e. The van der Waals surface area contributed by atoms with E-state index in [1.165, 1.54) is 0 Å². The lowest BCUT2D eigenvalue weighted by Gasteiger charge is -2.12. The van der Waals surface area contributed by atoms with Crippen molar-refractivity contribution in [2.45, 2.75) is 25.8 Å². The van der Waals surface area contributed by atoms with Gasteiger partial charge in [0.1, 0.15) is 0 Å². The van der Waals surface area contributed by atoms with Crippen molar-refractivity contribution < 1.29 is 9.53 Å². The molecule has 6 heteroatoms. The molecule has 160 valence electrons. The zero-order chi connectivity index (χ0) is 22.1. The van der Waals surface area contributed by atoms with Gasteiger partial charge in [0, 0.05) is 46.6 Å². The third-order valence-electron chi connectivity index (χ3n) is 5.69. The quantitative estimate of drug-likeness (QED) is 0.299. The fraction of sp³-hybridized carbons (Fsp3) is 0.154. The Hall–Kier alpha value is -3.41. The molecule has 1 aliphatic heterocycles. The Balaban J connectivity index is 1.44. The van der Waals surface area contributed by atoms with Crippen molar-refractivity contribution in [3.8, 4) is 11.3 Å². The predicted molar refractivity (Wildman–Crippen MR) is 126 cm³/mol. The van der Waals surface area contributed by atoms with Crippen molar-refractivity contribution in [2.24, 2.45) is 0 Å². The van der Waals surface area contributed by atoms with Crippen LogP contribution in [0.3, 0.4) is 0 Å². The second-order valence-electron chi connectivity index (χ2n) is 7.83. The Bertz CT molecular complexity index is 1240. The Morgan fingerprint density at radius 3 is 2.50 bits per heavy atom. The van der Waals surface area contributed by atoms with Crippen molar-refractivity contribution in [2.75, 3.05) is 5.32 Å². The Kier molecular flexibility index (Phi) is 5.52. The summed E-state index contributed by atoms with van der Waals surface area (Å²) in [5, 5.41) is 3.94. The van der Waals surface area contributed by atoms with Gasteiger partial charge < -0.3 is 14.6 Å². The van der Waals surface area contributed by atoms with Crippen molar-refractivity contribution in [3.05, 3.63) is 107 Å². The molecule has 0 radical (unpaired) electrons. The van der Waals surface area contributed by atoms with Crippen LogP contribution in [0.4, 0.5) is 5.69 Å². The van der Waals surface area contributed by atoms with Gasteiger partial charge in [-0.05, 0) is 48.4 Å². The molecule has 0 aliphatic carbocycles. The summed E-state index contributed by atoms with van der Waals surface area (Å²) in [6.45, 7) is 2.63. The number of hydrogen-bond donors (Lipinski definition) is 1. The van der Waals surface area contributed by atoms with Gasteiger partial charge in [-0.2, -0.15) is 0 Å². The van der Waals surface area contributed by atoms with Gasteiger partial charge in [-0.3, -0.25) is 9.78 Å². The van der Waals surface area contributed by atoms with Crippen molar-refractivity contribution in [3.63, 3.8) is 0 Å². The number of Topliss-reactive ketones (excluding diaryl/α,β-unsaturated/α-hetero) is 1. The maximum absolute atomic E-state index is 13.3. The number of nitrogens with zero attached hydrogens (tertiary/aromatic N) is 2. The molecule has 0 spiro atoms. The lowest BCUT2D eigenvalue weighted by molar-refractivity contribution is 0.0953. The second kappa shape index (κ2) is 8.61. The number of ketones is 1. The number of halogens is 1. The molecule has 2 aromatic carbocycles. The van der Waals surface area contributed by atoms with Gasteiger partial charge in [-0.25, -0.2) is 0 Å². The largest absolute Gasteiger partial charge is 0.358 e. The highest BCUT2D eigenvalue weighted by Gasteiger charge is 2.46. The van der Waals surface area contributed by atoms with E-state index in [1.807, 2.05) is 67.6 Å². The predicted octanol–water partition coefficient (Wildman–Crippen LogP) is 5.58. The number of carbonyl (C=O) groups is 1. The number of rotatable bonds is 7. The highest BCUT2D eigenvalue weighted by molar-refractivity contribution is 6.30. The highest BCUT2D eigenvalue weighted by Crippen LogP contribution is 2.33. The van der Waals surface area contributed by atoms with Crippen LogP contribution in [0.2, 0.25) is 5.02 Å². The molecule has 32 heavy (non-hydrogen) atoms. The minimum absolute atomic E-state index is 0.0129. The summed E-state index contributed by atoms with van der Waals surface area (Å²) >= 11 is 6.06. The molecule has 4 aromatic rings. The van der Waals surface area contributed by atoms with Crippen LogP contribution in [-0.2, 0) is 11.3 Å². The molecule has 0 saturated carbocycles. The van der Waals surface area contributed by atoms with Gasteiger partial charge in [0.05, 0.1) is 0 Å². The van der Waals surface area contributed by atoms with Gasteiger partial charge in [-0.15, -0.1) is 0 Å². The van der Waals surface area contributed by atoms with Crippen LogP contribution in [0, 0.1) is 6.92 Å². The summed E-state index contributed by atoms with van der Waals surface area (Å²) in [5.41, 5.74) is 5.66. The molecule has 0 bridgehead atoms. The maximum atomic E-state index is 13.3. The first-order valence-corrected chi connectivity index (χ1v) is 10.8. The van der Waals surface area contributed by atoms with Crippen LogP contribution in [0.5, 0.6) is 0 Å². The highest BCUT2D eigenvalue weighted by atomic mass is 35.5. The van der Waals surface area contributed by atoms with Crippen molar-refractivity contribution >= 4 is 23.1 Å². The summed E-state index contributed by atoms with van der Waals surface area (Å²) in [5.74, 6) is -0.0129. The monoisotopic (exact) mass is 443 g/mol. The number of nitrogens with one attached hydrogen (secondary N) is 1. The van der Waals surface area contributed by atoms with Gasteiger partial charge >= 0.3 is 0 Å². The number of benzene rings is 2. The van der Waals surface area contributed by atoms with Crippen LogP contribution >= 0.6 is 11.6 Å². The number of aromatic nitrogens is 2. The van der Waals surface area contributed by atoms with Crippen LogP contribution in [0.25, 0.3) is 11.3 Å². The van der Waals surface area contributed by atoms with E-state index in [2.05, 4.69) is 27.0 Å². The van der Waals surface area contributed by atoms with E-state index in [0.29, 0.717) is 17.1 Å². The van der Waals surface area contributed by atoms with E-state index in [0.717, 1.165) is 28.2 Å². The van der Waals surface area contributed by atoms with Crippen LogP contribution < -0.4 is 5.32 Å². The van der Waals surface area contributed by atoms with E-state index < -0.39 is 6.10 Å².